The molecular weight excluding hydrogens is 244 g/mol. The van der Waals surface area contributed by atoms with Gasteiger partial charge in [-0.15, -0.1) is 11.8 Å². The number of thioether (sulfide) groups is 1. The number of hydrogen-bond donors (Lipinski definition) is 1. The van der Waals surface area contributed by atoms with Crippen LogP contribution in [-0.2, 0) is 9.84 Å². The van der Waals surface area contributed by atoms with E-state index in [1.807, 2.05) is 0 Å². The molecule has 0 amide bonds. The van der Waals surface area contributed by atoms with Crippen LogP contribution in [0.1, 0.15) is 13.8 Å². The van der Waals surface area contributed by atoms with Gasteiger partial charge in [0.15, 0.2) is 9.84 Å². The Morgan fingerprint density at radius 2 is 2.19 bits per heavy atom. The van der Waals surface area contributed by atoms with Gasteiger partial charge >= 0.3 is 0 Å². The van der Waals surface area contributed by atoms with Crippen LogP contribution in [0.15, 0.2) is 23.4 Å². The summed E-state index contributed by atoms with van der Waals surface area (Å²) in [5.74, 6) is 0.646. The monoisotopic (exact) mass is 260 g/mol. The van der Waals surface area contributed by atoms with Crippen LogP contribution < -0.4 is 5.73 Å². The summed E-state index contributed by atoms with van der Waals surface area (Å²) in [6, 6.07) is 3.51. The first-order valence-electron chi connectivity index (χ1n) is 4.98. The van der Waals surface area contributed by atoms with E-state index < -0.39 is 9.84 Å². The minimum absolute atomic E-state index is 0.158. The Morgan fingerprint density at radius 1 is 1.50 bits per heavy atom. The van der Waals surface area contributed by atoms with Crippen LogP contribution in [0.3, 0.4) is 0 Å². The van der Waals surface area contributed by atoms with Crippen molar-refractivity contribution in [1.29, 1.82) is 0 Å². The highest BCUT2D eigenvalue weighted by atomic mass is 32.2. The number of hydrogen-bond acceptors (Lipinski definition) is 5. The fourth-order valence-electron chi connectivity index (χ4n) is 1.01. The zero-order valence-corrected chi connectivity index (χ0v) is 11.0. The third-order valence-electron chi connectivity index (χ3n) is 2.13. The highest BCUT2D eigenvalue weighted by Crippen LogP contribution is 2.21. The number of aromatic nitrogens is 1. The summed E-state index contributed by atoms with van der Waals surface area (Å²) in [6.07, 6.45) is 1.65. The van der Waals surface area contributed by atoms with Crippen molar-refractivity contribution in [3.05, 3.63) is 18.3 Å². The van der Waals surface area contributed by atoms with Gasteiger partial charge < -0.3 is 5.73 Å². The lowest BCUT2D eigenvalue weighted by molar-refractivity contribution is 0.589. The lowest BCUT2D eigenvalue weighted by atomic mass is 10.4. The van der Waals surface area contributed by atoms with Crippen molar-refractivity contribution in [2.45, 2.75) is 24.1 Å². The highest BCUT2D eigenvalue weighted by Gasteiger charge is 2.15. The van der Waals surface area contributed by atoms with Gasteiger partial charge in [0.2, 0.25) is 0 Å². The number of nitrogens with zero attached hydrogens (tertiary/aromatic N) is 1. The Hall–Kier alpha value is -0.750. The van der Waals surface area contributed by atoms with E-state index in [0.717, 1.165) is 0 Å². The van der Waals surface area contributed by atoms with Gasteiger partial charge in [0.05, 0.1) is 16.7 Å². The minimum Gasteiger partial charge on any atom is -0.397 e. The van der Waals surface area contributed by atoms with Gasteiger partial charge in [0, 0.05) is 11.9 Å². The normalized spacial score (nSPS) is 11.9. The highest BCUT2D eigenvalue weighted by molar-refractivity contribution is 8.00. The van der Waals surface area contributed by atoms with Crippen molar-refractivity contribution in [3.8, 4) is 0 Å². The van der Waals surface area contributed by atoms with Gasteiger partial charge in [-0.3, -0.25) is 0 Å². The van der Waals surface area contributed by atoms with E-state index in [-0.39, 0.29) is 11.0 Å². The first-order chi connectivity index (χ1) is 7.43. The molecule has 0 aliphatic heterocycles. The standard InChI is InChI=1S/C10H16N2O2S2/c1-8(2)16(13,14)7-6-15-10-9(11)4-3-5-12-10/h3-5,8H,6-7,11H2,1-2H3. The Bertz CT molecular complexity index is 444. The molecule has 0 bridgehead atoms. The zero-order valence-electron chi connectivity index (χ0n) is 9.38. The molecule has 4 nitrogen and oxygen atoms in total. The molecule has 0 spiro atoms. The number of sulfone groups is 1. The van der Waals surface area contributed by atoms with Crippen molar-refractivity contribution in [3.63, 3.8) is 0 Å². The zero-order chi connectivity index (χ0) is 12.2. The number of anilines is 1. The molecule has 0 radical (unpaired) electrons. The summed E-state index contributed by atoms with van der Waals surface area (Å²) >= 11 is 1.38. The molecule has 90 valence electrons. The second kappa shape index (κ2) is 5.54. The van der Waals surface area contributed by atoms with Gasteiger partial charge in [-0.05, 0) is 26.0 Å². The third kappa shape index (κ3) is 3.68. The molecule has 0 saturated carbocycles. The SMILES string of the molecule is CC(C)S(=O)(=O)CCSc1ncccc1N. The Kier molecular flexibility index (Phi) is 4.61. The second-order valence-corrected chi connectivity index (χ2v) is 7.42. The van der Waals surface area contributed by atoms with Gasteiger partial charge in [-0.2, -0.15) is 0 Å². The van der Waals surface area contributed by atoms with E-state index in [9.17, 15) is 8.42 Å². The van der Waals surface area contributed by atoms with Gasteiger partial charge in [-0.1, -0.05) is 0 Å². The molecule has 0 unspecified atom stereocenters. The maximum absolute atomic E-state index is 11.5. The average Bonchev–Trinajstić information content (AvgIpc) is 2.20. The van der Waals surface area contributed by atoms with Crippen LogP contribution in [0.5, 0.6) is 0 Å². The Balaban J connectivity index is 2.52. The third-order valence-corrected chi connectivity index (χ3v) is 5.62. The van der Waals surface area contributed by atoms with Crippen molar-refractivity contribution in [1.82, 2.24) is 4.98 Å². The summed E-state index contributed by atoms with van der Waals surface area (Å²) in [6.45, 7) is 3.38. The van der Waals surface area contributed by atoms with E-state index in [2.05, 4.69) is 4.98 Å². The van der Waals surface area contributed by atoms with Gasteiger partial charge in [-0.25, -0.2) is 13.4 Å². The second-order valence-electron chi connectivity index (χ2n) is 3.66. The minimum atomic E-state index is -2.97. The van der Waals surface area contributed by atoms with Crippen molar-refractivity contribution >= 4 is 27.3 Å². The molecule has 1 heterocycles. The molecule has 1 rings (SSSR count). The van der Waals surface area contributed by atoms with Crippen molar-refractivity contribution < 1.29 is 8.42 Å². The maximum Gasteiger partial charge on any atom is 0.153 e. The van der Waals surface area contributed by atoms with Crippen LogP contribution in [0.2, 0.25) is 0 Å². The molecule has 0 aromatic carbocycles. The molecule has 1 aromatic rings. The van der Waals surface area contributed by atoms with E-state index >= 15 is 0 Å². The number of nitrogens with two attached hydrogens (primary N) is 1. The number of nitrogen functional groups attached to an aromatic ring is 1. The van der Waals surface area contributed by atoms with Crippen molar-refractivity contribution in [2.24, 2.45) is 0 Å². The van der Waals surface area contributed by atoms with Crippen LogP contribution in [-0.4, -0.2) is 30.2 Å². The number of rotatable bonds is 5. The molecule has 0 atom stereocenters. The molecule has 1 aromatic heterocycles. The van der Waals surface area contributed by atoms with Crippen LogP contribution >= 0.6 is 11.8 Å². The number of pyridine rings is 1. The summed E-state index contributed by atoms with van der Waals surface area (Å²) in [7, 11) is -2.97. The topological polar surface area (TPSA) is 73.0 Å². The molecule has 0 aliphatic carbocycles. The maximum atomic E-state index is 11.5. The fraction of sp³-hybridized carbons (Fsp3) is 0.500. The smallest absolute Gasteiger partial charge is 0.153 e. The molecule has 0 aliphatic rings. The van der Waals surface area contributed by atoms with E-state index in [0.29, 0.717) is 16.5 Å². The first-order valence-corrected chi connectivity index (χ1v) is 7.68. The largest absolute Gasteiger partial charge is 0.397 e. The lowest BCUT2D eigenvalue weighted by Gasteiger charge is -2.07. The molecule has 6 heteroatoms. The quantitative estimate of drug-likeness (QED) is 0.814. The van der Waals surface area contributed by atoms with E-state index in [1.165, 1.54) is 11.8 Å². The summed E-state index contributed by atoms with van der Waals surface area (Å²) < 4.78 is 23.1. The van der Waals surface area contributed by atoms with E-state index in [4.69, 9.17) is 5.73 Å². The molecule has 0 fully saturated rings. The van der Waals surface area contributed by atoms with Gasteiger partial charge in [0.25, 0.3) is 0 Å². The average molecular weight is 260 g/mol. The predicted octanol–water partition coefficient (Wildman–Crippen LogP) is 1.58. The van der Waals surface area contributed by atoms with Crippen LogP contribution in [0, 0.1) is 0 Å². The summed E-state index contributed by atoms with van der Waals surface area (Å²) in [5, 5.41) is 0.371. The lowest BCUT2D eigenvalue weighted by Crippen LogP contribution is -2.19. The summed E-state index contributed by atoms with van der Waals surface area (Å²) in [4.78, 5) is 4.09. The first kappa shape index (κ1) is 13.3. The fourth-order valence-corrected chi connectivity index (χ4v) is 3.31. The Labute approximate surface area is 101 Å². The van der Waals surface area contributed by atoms with Crippen molar-refractivity contribution in [2.75, 3.05) is 17.2 Å². The molecule has 16 heavy (non-hydrogen) atoms. The summed E-state index contributed by atoms with van der Waals surface area (Å²) in [5.41, 5.74) is 6.29. The molecular formula is C10H16N2O2S2. The molecule has 0 saturated heterocycles. The predicted molar refractivity (Wildman–Crippen MR) is 68.3 cm³/mol. The Morgan fingerprint density at radius 3 is 2.75 bits per heavy atom. The van der Waals surface area contributed by atoms with E-state index in [1.54, 1.807) is 32.2 Å². The molecule has 2 N–H and O–H groups in total. The van der Waals surface area contributed by atoms with Gasteiger partial charge in [0.1, 0.15) is 5.03 Å². The van der Waals surface area contributed by atoms with Crippen LogP contribution in [0.25, 0.3) is 0 Å². The van der Waals surface area contributed by atoms with Crippen LogP contribution in [0.4, 0.5) is 5.69 Å².